The molecule has 2 rings (SSSR count). The zero-order valence-corrected chi connectivity index (χ0v) is 13.2. The maximum absolute atomic E-state index is 3.79. The molecule has 0 spiro atoms. The monoisotopic (exact) mass is 281 g/mol. The largest absolute Gasteiger partial charge is 0.312 e. The van der Waals surface area contributed by atoms with E-state index >= 15 is 0 Å². The van der Waals surface area contributed by atoms with Gasteiger partial charge in [0.25, 0.3) is 0 Å². The summed E-state index contributed by atoms with van der Waals surface area (Å²) in [6.07, 6.45) is 3.91. The number of likely N-dealkylation sites (N-methyl/N-ethyl adjacent to an activating group) is 1. The molecule has 4 heteroatoms. The predicted molar refractivity (Wildman–Crippen MR) is 83.9 cm³/mol. The number of hydrogen-bond acceptors (Lipinski definition) is 4. The van der Waals surface area contributed by atoms with Crippen molar-refractivity contribution in [3.63, 3.8) is 0 Å². The van der Waals surface area contributed by atoms with Crippen LogP contribution >= 0.6 is 11.3 Å². The van der Waals surface area contributed by atoms with Gasteiger partial charge in [-0.2, -0.15) is 0 Å². The highest BCUT2D eigenvalue weighted by Crippen LogP contribution is 2.23. The van der Waals surface area contributed by atoms with E-state index in [0.717, 1.165) is 6.54 Å². The lowest BCUT2D eigenvalue weighted by atomic mass is 10.1. The van der Waals surface area contributed by atoms with Gasteiger partial charge in [0.1, 0.15) is 0 Å². The first-order valence-corrected chi connectivity index (χ1v) is 8.16. The highest BCUT2D eigenvalue weighted by atomic mass is 32.1. The van der Waals surface area contributed by atoms with Gasteiger partial charge in [0, 0.05) is 17.5 Å². The third kappa shape index (κ3) is 4.56. The second-order valence-corrected chi connectivity index (χ2v) is 6.81. The summed E-state index contributed by atoms with van der Waals surface area (Å²) in [5, 5.41) is 5.96. The minimum absolute atomic E-state index is 0.501. The quantitative estimate of drug-likeness (QED) is 0.894. The summed E-state index contributed by atoms with van der Waals surface area (Å²) in [4.78, 5) is 6.23. The average molecular weight is 281 g/mol. The van der Waals surface area contributed by atoms with Gasteiger partial charge in [-0.05, 0) is 64.9 Å². The summed E-state index contributed by atoms with van der Waals surface area (Å²) in [6, 6.07) is 5.59. The Morgan fingerprint density at radius 3 is 2.95 bits per heavy atom. The molecule has 2 atom stereocenters. The molecule has 1 aliphatic heterocycles. The molecule has 2 heterocycles. The maximum atomic E-state index is 3.79. The molecule has 2 unspecified atom stereocenters. The summed E-state index contributed by atoms with van der Waals surface area (Å²) in [5.41, 5.74) is 0. The molecule has 1 N–H and O–H groups in total. The van der Waals surface area contributed by atoms with Crippen molar-refractivity contribution in [2.75, 3.05) is 40.8 Å². The number of hydrogen-bond donors (Lipinski definition) is 1. The average Bonchev–Trinajstić information content (AvgIpc) is 2.80. The van der Waals surface area contributed by atoms with E-state index in [1.807, 2.05) is 11.3 Å². The third-order valence-electron chi connectivity index (χ3n) is 4.05. The van der Waals surface area contributed by atoms with Crippen molar-refractivity contribution < 1.29 is 0 Å². The summed E-state index contributed by atoms with van der Waals surface area (Å²) < 4.78 is 0. The fourth-order valence-corrected chi connectivity index (χ4v) is 3.66. The molecule has 1 aliphatic rings. The Bertz CT molecular complexity index is 350. The van der Waals surface area contributed by atoms with Gasteiger partial charge in [0.2, 0.25) is 0 Å². The summed E-state index contributed by atoms with van der Waals surface area (Å²) in [7, 11) is 6.58. The van der Waals surface area contributed by atoms with Crippen molar-refractivity contribution in [3.05, 3.63) is 22.4 Å². The van der Waals surface area contributed by atoms with Crippen LogP contribution in [0.25, 0.3) is 0 Å². The second-order valence-electron chi connectivity index (χ2n) is 5.83. The predicted octanol–water partition coefficient (Wildman–Crippen LogP) is 2.42. The van der Waals surface area contributed by atoms with Crippen LogP contribution in [0.1, 0.15) is 30.2 Å². The zero-order chi connectivity index (χ0) is 13.7. The van der Waals surface area contributed by atoms with Gasteiger partial charge < -0.3 is 15.1 Å². The normalized spacial score (nSPS) is 23.5. The number of rotatable bonds is 5. The van der Waals surface area contributed by atoms with Crippen molar-refractivity contribution in [1.82, 2.24) is 15.1 Å². The van der Waals surface area contributed by atoms with Gasteiger partial charge in [-0.3, -0.25) is 0 Å². The Balaban J connectivity index is 1.85. The minimum Gasteiger partial charge on any atom is -0.312 e. The number of nitrogens with zero attached hydrogens (tertiary/aromatic N) is 2. The molecule has 0 radical (unpaired) electrons. The first-order chi connectivity index (χ1) is 9.16. The Morgan fingerprint density at radius 2 is 2.26 bits per heavy atom. The lowest BCUT2D eigenvalue weighted by molar-refractivity contribution is 0.277. The van der Waals surface area contributed by atoms with Crippen LogP contribution in [0.2, 0.25) is 0 Å². The highest BCUT2D eigenvalue weighted by Gasteiger charge is 2.19. The smallest absolute Gasteiger partial charge is 0.0561 e. The van der Waals surface area contributed by atoms with Crippen molar-refractivity contribution >= 4 is 11.3 Å². The van der Waals surface area contributed by atoms with E-state index in [9.17, 15) is 0 Å². The number of likely N-dealkylation sites (tertiary alicyclic amines) is 1. The molecule has 1 aromatic rings. The van der Waals surface area contributed by atoms with Crippen molar-refractivity contribution in [1.29, 1.82) is 0 Å². The second kappa shape index (κ2) is 7.39. The van der Waals surface area contributed by atoms with Crippen LogP contribution < -0.4 is 5.32 Å². The van der Waals surface area contributed by atoms with Crippen LogP contribution in [0.3, 0.4) is 0 Å². The van der Waals surface area contributed by atoms with Gasteiger partial charge in [-0.25, -0.2) is 0 Å². The fraction of sp³-hybridized carbons (Fsp3) is 0.733. The van der Waals surface area contributed by atoms with E-state index in [1.54, 1.807) is 0 Å². The summed E-state index contributed by atoms with van der Waals surface area (Å²) in [6.45, 7) is 3.53. The molecule has 0 amide bonds. The van der Waals surface area contributed by atoms with E-state index in [0.29, 0.717) is 12.1 Å². The molecule has 0 bridgehead atoms. The van der Waals surface area contributed by atoms with Crippen LogP contribution in [-0.4, -0.2) is 56.6 Å². The number of nitrogens with one attached hydrogen (secondary N) is 1. The molecular formula is C15H27N3S. The van der Waals surface area contributed by atoms with Crippen LogP contribution in [-0.2, 0) is 0 Å². The van der Waals surface area contributed by atoms with Gasteiger partial charge >= 0.3 is 0 Å². The number of thiophene rings is 1. The summed E-state index contributed by atoms with van der Waals surface area (Å²) in [5.74, 6) is 0. The van der Waals surface area contributed by atoms with Crippen molar-refractivity contribution in [2.45, 2.75) is 31.3 Å². The van der Waals surface area contributed by atoms with Crippen LogP contribution in [0, 0.1) is 0 Å². The van der Waals surface area contributed by atoms with E-state index in [4.69, 9.17) is 0 Å². The van der Waals surface area contributed by atoms with Crippen molar-refractivity contribution in [3.8, 4) is 0 Å². The maximum Gasteiger partial charge on any atom is 0.0561 e. The SMILES string of the molecule is CN1CCCC(NCC(c2cccs2)N(C)C)CC1. The van der Waals surface area contributed by atoms with E-state index in [-0.39, 0.29) is 0 Å². The van der Waals surface area contributed by atoms with E-state index in [1.165, 1.54) is 37.2 Å². The molecule has 108 valence electrons. The van der Waals surface area contributed by atoms with E-state index in [2.05, 4.69) is 53.8 Å². The lowest BCUT2D eigenvalue weighted by Crippen LogP contribution is -2.37. The van der Waals surface area contributed by atoms with Crippen LogP contribution in [0.4, 0.5) is 0 Å². The van der Waals surface area contributed by atoms with Gasteiger partial charge in [0.15, 0.2) is 0 Å². The van der Waals surface area contributed by atoms with Crippen molar-refractivity contribution in [2.24, 2.45) is 0 Å². The third-order valence-corrected chi connectivity index (χ3v) is 5.02. The standard InChI is InChI=1S/C15H27N3S/c1-17(2)14(15-7-5-11-19-15)12-16-13-6-4-9-18(3)10-8-13/h5,7,11,13-14,16H,4,6,8-10,12H2,1-3H3. The lowest BCUT2D eigenvalue weighted by Gasteiger charge is -2.26. The Kier molecular flexibility index (Phi) is 5.82. The van der Waals surface area contributed by atoms with Gasteiger partial charge in [-0.1, -0.05) is 6.07 Å². The van der Waals surface area contributed by atoms with Crippen LogP contribution in [0.5, 0.6) is 0 Å². The first-order valence-electron chi connectivity index (χ1n) is 7.28. The fourth-order valence-electron chi connectivity index (χ4n) is 2.74. The molecule has 3 nitrogen and oxygen atoms in total. The first kappa shape index (κ1) is 15.0. The molecule has 19 heavy (non-hydrogen) atoms. The molecule has 0 aromatic carbocycles. The highest BCUT2D eigenvalue weighted by molar-refractivity contribution is 7.10. The Morgan fingerprint density at radius 1 is 1.42 bits per heavy atom. The Labute approximate surface area is 121 Å². The van der Waals surface area contributed by atoms with Gasteiger partial charge in [0.05, 0.1) is 6.04 Å². The summed E-state index contributed by atoms with van der Waals surface area (Å²) >= 11 is 1.86. The topological polar surface area (TPSA) is 18.5 Å². The van der Waals surface area contributed by atoms with Crippen LogP contribution in [0.15, 0.2) is 17.5 Å². The molecule has 1 aromatic heterocycles. The zero-order valence-electron chi connectivity index (χ0n) is 12.4. The molecular weight excluding hydrogens is 254 g/mol. The minimum atomic E-state index is 0.501. The Hall–Kier alpha value is -0.420. The molecule has 1 fully saturated rings. The molecule has 0 aliphatic carbocycles. The van der Waals surface area contributed by atoms with Gasteiger partial charge in [-0.15, -0.1) is 11.3 Å². The molecule has 0 saturated carbocycles. The molecule has 1 saturated heterocycles. The van der Waals surface area contributed by atoms with E-state index < -0.39 is 0 Å².